The normalized spacial score (nSPS) is 17.1. The highest BCUT2D eigenvalue weighted by molar-refractivity contribution is 5.96. The van der Waals surface area contributed by atoms with Crippen molar-refractivity contribution in [2.45, 2.75) is 6.42 Å². The third-order valence-electron chi connectivity index (χ3n) is 5.08. The summed E-state index contributed by atoms with van der Waals surface area (Å²) in [7, 11) is 3.08. The van der Waals surface area contributed by atoms with Gasteiger partial charge in [-0.1, -0.05) is 0 Å². The zero-order valence-electron chi connectivity index (χ0n) is 16.8. The van der Waals surface area contributed by atoms with E-state index < -0.39 is 0 Å². The molecule has 2 N–H and O–H groups in total. The number of ether oxygens (including phenoxy) is 4. The van der Waals surface area contributed by atoms with Gasteiger partial charge in [0.2, 0.25) is 12.7 Å². The molecule has 3 amide bonds. The molecule has 2 aromatic rings. The second-order valence-electron chi connectivity index (χ2n) is 7.01. The van der Waals surface area contributed by atoms with E-state index in [0.29, 0.717) is 48.2 Å². The Hall–Kier alpha value is -3.62. The molecule has 2 aliphatic rings. The fourth-order valence-corrected chi connectivity index (χ4v) is 3.53. The Bertz CT molecular complexity index is 964. The van der Waals surface area contributed by atoms with Crippen LogP contribution in [0.1, 0.15) is 6.42 Å². The number of fused-ring (bicyclic) bond motifs is 1. The molecule has 9 heteroatoms. The number of methoxy groups -OCH3 is 2. The zero-order chi connectivity index (χ0) is 21.1. The number of anilines is 2. The van der Waals surface area contributed by atoms with Crippen molar-refractivity contribution >= 4 is 23.3 Å². The molecule has 0 bridgehead atoms. The van der Waals surface area contributed by atoms with Crippen molar-refractivity contribution in [2.75, 3.05) is 44.3 Å². The van der Waals surface area contributed by atoms with Crippen molar-refractivity contribution in [3.8, 4) is 23.0 Å². The standard InChI is InChI=1S/C21H23N3O6/c1-27-15-4-5-16(18(9-15)28-2)23-21(26)22-10-13-7-20(25)24(11-13)14-3-6-17-19(8-14)30-12-29-17/h3-6,8-9,13H,7,10-12H2,1-2H3,(H2,22,23,26)/t13-/m0/s1. The van der Waals surface area contributed by atoms with Crippen molar-refractivity contribution in [3.05, 3.63) is 36.4 Å². The number of carbonyl (C=O) groups excluding carboxylic acids is 2. The number of urea groups is 1. The first-order chi connectivity index (χ1) is 14.6. The van der Waals surface area contributed by atoms with Crippen LogP contribution >= 0.6 is 0 Å². The summed E-state index contributed by atoms with van der Waals surface area (Å²) in [5.41, 5.74) is 1.29. The summed E-state index contributed by atoms with van der Waals surface area (Å²) in [4.78, 5) is 26.5. The van der Waals surface area contributed by atoms with Gasteiger partial charge in [0.25, 0.3) is 0 Å². The predicted molar refractivity (Wildman–Crippen MR) is 110 cm³/mol. The summed E-state index contributed by atoms with van der Waals surface area (Å²) >= 11 is 0. The molecule has 1 saturated heterocycles. The van der Waals surface area contributed by atoms with E-state index in [-0.39, 0.29) is 24.6 Å². The maximum absolute atomic E-state index is 12.5. The van der Waals surface area contributed by atoms with Crippen molar-refractivity contribution in [2.24, 2.45) is 5.92 Å². The van der Waals surface area contributed by atoms with Gasteiger partial charge < -0.3 is 34.5 Å². The quantitative estimate of drug-likeness (QED) is 0.756. The van der Waals surface area contributed by atoms with Crippen LogP contribution in [0.25, 0.3) is 0 Å². The second kappa shape index (κ2) is 8.40. The molecule has 158 valence electrons. The minimum absolute atomic E-state index is 0.00596. The minimum atomic E-state index is -0.368. The molecule has 4 rings (SSSR count). The number of carbonyl (C=O) groups is 2. The van der Waals surface area contributed by atoms with E-state index in [2.05, 4.69) is 10.6 Å². The van der Waals surface area contributed by atoms with E-state index in [1.54, 1.807) is 42.3 Å². The van der Waals surface area contributed by atoms with E-state index in [1.165, 1.54) is 7.11 Å². The van der Waals surface area contributed by atoms with Gasteiger partial charge in [-0.15, -0.1) is 0 Å². The molecule has 0 spiro atoms. The molecule has 1 atom stereocenters. The lowest BCUT2D eigenvalue weighted by Gasteiger charge is -2.17. The van der Waals surface area contributed by atoms with Crippen LogP contribution in [-0.2, 0) is 4.79 Å². The maximum Gasteiger partial charge on any atom is 0.319 e. The van der Waals surface area contributed by atoms with Gasteiger partial charge in [-0.3, -0.25) is 4.79 Å². The van der Waals surface area contributed by atoms with E-state index in [9.17, 15) is 9.59 Å². The number of nitrogens with zero attached hydrogens (tertiary/aromatic N) is 1. The number of rotatable bonds is 6. The molecule has 1 fully saturated rings. The molecule has 0 radical (unpaired) electrons. The third kappa shape index (κ3) is 4.05. The number of hydrogen-bond donors (Lipinski definition) is 2. The van der Waals surface area contributed by atoms with Crippen LogP contribution in [0.3, 0.4) is 0 Å². The summed E-state index contributed by atoms with van der Waals surface area (Å²) in [6, 6.07) is 10.2. The van der Waals surface area contributed by atoms with Gasteiger partial charge in [0.1, 0.15) is 11.5 Å². The number of nitrogens with one attached hydrogen (secondary N) is 2. The Morgan fingerprint density at radius 2 is 1.97 bits per heavy atom. The molecule has 2 heterocycles. The molecule has 2 aromatic carbocycles. The predicted octanol–water partition coefficient (Wildman–Crippen LogP) is 2.61. The van der Waals surface area contributed by atoms with Crippen molar-refractivity contribution < 1.29 is 28.5 Å². The van der Waals surface area contributed by atoms with Crippen LogP contribution < -0.4 is 34.5 Å². The highest BCUT2D eigenvalue weighted by Gasteiger charge is 2.31. The fraction of sp³-hybridized carbons (Fsp3) is 0.333. The fourth-order valence-electron chi connectivity index (χ4n) is 3.53. The molecular weight excluding hydrogens is 390 g/mol. The topological polar surface area (TPSA) is 98.4 Å². The van der Waals surface area contributed by atoms with Crippen LogP contribution in [-0.4, -0.2) is 46.0 Å². The summed E-state index contributed by atoms with van der Waals surface area (Å²) in [6.45, 7) is 1.08. The average Bonchev–Trinajstić information content (AvgIpc) is 3.38. The van der Waals surface area contributed by atoms with Crippen LogP contribution in [0.15, 0.2) is 36.4 Å². The molecular formula is C21H23N3O6. The van der Waals surface area contributed by atoms with Gasteiger partial charge in [-0.2, -0.15) is 0 Å². The van der Waals surface area contributed by atoms with Crippen LogP contribution in [0.5, 0.6) is 23.0 Å². The van der Waals surface area contributed by atoms with Crippen molar-refractivity contribution in [1.82, 2.24) is 5.32 Å². The van der Waals surface area contributed by atoms with E-state index in [1.807, 2.05) is 6.07 Å². The van der Waals surface area contributed by atoms with Gasteiger partial charge in [0.05, 0.1) is 19.9 Å². The van der Waals surface area contributed by atoms with E-state index in [4.69, 9.17) is 18.9 Å². The van der Waals surface area contributed by atoms with Gasteiger partial charge >= 0.3 is 6.03 Å². The van der Waals surface area contributed by atoms with Crippen LogP contribution in [0.4, 0.5) is 16.2 Å². The zero-order valence-corrected chi connectivity index (χ0v) is 16.8. The number of benzene rings is 2. The highest BCUT2D eigenvalue weighted by Crippen LogP contribution is 2.37. The lowest BCUT2D eigenvalue weighted by atomic mass is 10.1. The molecule has 2 aliphatic heterocycles. The monoisotopic (exact) mass is 413 g/mol. The Morgan fingerprint density at radius 3 is 2.77 bits per heavy atom. The molecule has 0 saturated carbocycles. The lowest BCUT2D eigenvalue weighted by molar-refractivity contribution is -0.117. The third-order valence-corrected chi connectivity index (χ3v) is 5.08. The largest absolute Gasteiger partial charge is 0.497 e. The van der Waals surface area contributed by atoms with Crippen LogP contribution in [0.2, 0.25) is 0 Å². The molecule has 0 aliphatic carbocycles. The Labute approximate surface area is 173 Å². The van der Waals surface area contributed by atoms with E-state index >= 15 is 0 Å². The highest BCUT2D eigenvalue weighted by atomic mass is 16.7. The summed E-state index contributed by atoms with van der Waals surface area (Å²) in [5.74, 6) is 2.45. The van der Waals surface area contributed by atoms with Gasteiger partial charge in [-0.05, 0) is 24.3 Å². The molecule has 30 heavy (non-hydrogen) atoms. The Kier molecular flexibility index (Phi) is 5.51. The molecule has 9 nitrogen and oxygen atoms in total. The first kappa shape index (κ1) is 19.7. The molecule has 0 aromatic heterocycles. The molecule has 0 unspecified atom stereocenters. The number of hydrogen-bond acceptors (Lipinski definition) is 6. The number of amides is 3. The van der Waals surface area contributed by atoms with Crippen molar-refractivity contribution in [3.63, 3.8) is 0 Å². The van der Waals surface area contributed by atoms with E-state index in [0.717, 1.165) is 5.69 Å². The SMILES string of the molecule is COc1ccc(NC(=O)NC[C@@H]2CC(=O)N(c3ccc4c(c3)OCO4)C2)c(OC)c1. The first-order valence-corrected chi connectivity index (χ1v) is 9.54. The van der Waals surface area contributed by atoms with Crippen molar-refractivity contribution in [1.29, 1.82) is 0 Å². The average molecular weight is 413 g/mol. The first-order valence-electron chi connectivity index (χ1n) is 9.54. The Balaban J connectivity index is 1.32. The minimum Gasteiger partial charge on any atom is -0.497 e. The summed E-state index contributed by atoms with van der Waals surface area (Å²) < 4.78 is 21.1. The summed E-state index contributed by atoms with van der Waals surface area (Å²) in [5, 5.41) is 5.59. The van der Waals surface area contributed by atoms with Gasteiger partial charge in [-0.25, -0.2) is 4.79 Å². The van der Waals surface area contributed by atoms with Gasteiger partial charge in [0.15, 0.2) is 11.5 Å². The maximum atomic E-state index is 12.5. The smallest absolute Gasteiger partial charge is 0.319 e. The lowest BCUT2D eigenvalue weighted by Crippen LogP contribution is -2.34. The summed E-state index contributed by atoms with van der Waals surface area (Å²) in [6.07, 6.45) is 0.362. The van der Waals surface area contributed by atoms with Gasteiger partial charge in [0, 0.05) is 43.2 Å². The Morgan fingerprint density at radius 1 is 1.13 bits per heavy atom. The van der Waals surface area contributed by atoms with Crippen LogP contribution in [0, 0.1) is 5.92 Å². The second-order valence-corrected chi connectivity index (χ2v) is 7.01.